The predicted molar refractivity (Wildman–Crippen MR) is 226 cm³/mol. The maximum absolute atomic E-state index is 15.1. The summed E-state index contributed by atoms with van der Waals surface area (Å²) in [4.78, 5) is 53.9. The molecule has 316 valence electrons. The van der Waals surface area contributed by atoms with E-state index in [0.29, 0.717) is 42.8 Å². The van der Waals surface area contributed by atoms with Gasteiger partial charge in [0.1, 0.15) is 11.9 Å². The highest BCUT2D eigenvalue weighted by atomic mass is 16.6. The molecule has 2 aromatic carbocycles. The molecule has 2 aromatic rings. The van der Waals surface area contributed by atoms with Crippen molar-refractivity contribution < 1.29 is 33.8 Å². The first kappa shape index (κ1) is 41.5. The third kappa shape index (κ3) is 6.59. The summed E-state index contributed by atoms with van der Waals surface area (Å²) in [6.45, 7) is 17.5. The number of esters is 1. The van der Waals surface area contributed by atoms with Gasteiger partial charge >= 0.3 is 11.9 Å². The van der Waals surface area contributed by atoms with Crippen molar-refractivity contribution in [3.05, 3.63) is 77.4 Å². The van der Waals surface area contributed by atoms with Crippen LogP contribution in [0.25, 0.3) is 0 Å². The van der Waals surface area contributed by atoms with Crippen LogP contribution in [0.4, 0.5) is 0 Å². The number of hydrogen-bond acceptors (Lipinski definition) is 7. The second-order valence-electron chi connectivity index (χ2n) is 20.7. The minimum absolute atomic E-state index is 0.0188. The molecule has 0 aromatic heterocycles. The standard InChI is InChI=1S/C50H64N2O7/c1-30-18-21-46(4)24-25-48(6)36(44(46)31(30)2)26-39(54)45-49(48,7)23-19-40-47(5,28-42(55)56)22-20-41(50(40,45)8)59-43(57)29-58-35-16-14-33(15-17-35)37-27-38(52(51-37)32(3)53)34-12-10-9-11-13-34/h9-17,26,30-31,38,40-41,44-45H,18-25,27-29H2,1-8H3,(H,55,56)/t30-,31+,38?,40+,41?,44+,45+,46-,47?,48-,49-,50-/m1/s1. The zero-order valence-electron chi connectivity index (χ0n) is 36.4. The van der Waals surface area contributed by atoms with Crippen LogP contribution in [0.1, 0.15) is 137 Å². The Labute approximate surface area is 350 Å². The number of rotatable bonds is 8. The normalized spacial score (nSPS) is 40.0. The van der Waals surface area contributed by atoms with Crippen molar-refractivity contribution in [3.8, 4) is 5.75 Å². The van der Waals surface area contributed by atoms with Gasteiger partial charge in [-0.25, -0.2) is 9.80 Å². The zero-order valence-corrected chi connectivity index (χ0v) is 36.4. The lowest BCUT2D eigenvalue weighted by molar-refractivity contribution is -0.230. The van der Waals surface area contributed by atoms with E-state index in [9.17, 15) is 19.5 Å². The van der Waals surface area contributed by atoms with E-state index in [0.717, 1.165) is 42.5 Å². The molecule has 0 saturated heterocycles. The molecule has 1 heterocycles. The van der Waals surface area contributed by atoms with E-state index in [2.05, 4.69) is 53.6 Å². The number of carbonyl (C=O) groups excluding carboxylic acids is 3. The van der Waals surface area contributed by atoms with E-state index in [-0.39, 0.29) is 52.9 Å². The summed E-state index contributed by atoms with van der Waals surface area (Å²) in [7, 11) is 0. The molecule has 59 heavy (non-hydrogen) atoms. The maximum Gasteiger partial charge on any atom is 0.344 e. The minimum atomic E-state index is -0.832. The largest absolute Gasteiger partial charge is 0.482 e. The third-order valence-corrected chi connectivity index (χ3v) is 17.6. The molecule has 9 nitrogen and oxygen atoms in total. The van der Waals surface area contributed by atoms with Crippen LogP contribution >= 0.6 is 0 Å². The molecular formula is C50H64N2O7. The van der Waals surface area contributed by atoms with Crippen molar-refractivity contribution in [2.75, 3.05) is 6.61 Å². The monoisotopic (exact) mass is 804 g/mol. The maximum atomic E-state index is 15.1. The molecule has 6 aliphatic rings. The van der Waals surface area contributed by atoms with Crippen LogP contribution in [-0.4, -0.2) is 52.2 Å². The number of hydrazone groups is 1. The van der Waals surface area contributed by atoms with Crippen LogP contribution in [0, 0.1) is 56.7 Å². The van der Waals surface area contributed by atoms with Gasteiger partial charge in [-0.15, -0.1) is 0 Å². The molecular weight excluding hydrogens is 741 g/mol. The van der Waals surface area contributed by atoms with Crippen LogP contribution in [0.2, 0.25) is 0 Å². The van der Waals surface area contributed by atoms with Gasteiger partial charge in [-0.3, -0.25) is 14.4 Å². The van der Waals surface area contributed by atoms with Crippen molar-refractivity contribution in [1.82, 2.24) is 5.01 Å². The molecule has 3 unspecified atom stereocenters. The molecule has 0 bridgehead atoms. The summed E-state index contributed by atoms with van der Waals surface area (Å²) in [5, 5.41) is 16.4. The Hall–Kier alpha value is -4.27. The topological polar surface area (TPSA) is 123 Å². The van der Waals surface area contributed by atoms with E-state index in [4.69, 9.17) is 9.47 Å². The van der Waals surface area contributed by atoms with Gasteiger partial charge in [0.15, 0.2) is 12.4 Å². The minimum Gasteiger partial charge on any atom is -0.482 e. The smallest absolute Gasteiger partial charge is 0.344 e. The fourth-order valence-corrected chi connectivity index (χ4v) is 14.2. The van der Waals surface area contributed by atoms with Crippen LogP contribution < -0.4 is 4.74 Å². The first-order valence-electron chi connectivity index (χ1n) is 22.2. The van der Waals surface area contributed by atoms with Crippen molar-refractivity contribution in [3.63, 3.8) is 0 Å². The molecule has 4 saturated carbocycles. The van der Waals surface area contributed by atoms with Crippen molar-refractivity contribution in [1.29, 1.82) is 0 Å². The van der Waals surface area contributed by atoms with Crippen LogP contribution in [0.5, 0.6) is 5.75 Å². The summed E-state index contributed by atoms with van der Waals surface area (Å²) in [6, 6.07) is 17.1. The fraction of sp³-hybridized carbons (Fsp3) is 0.620. The number of carboxylic acid groups (broad SMARTS) is 1. The average molecular weight is 805 g/mol. The number of carboxylic acids is 1. The number of nitrogens with zero attached hydrogens (tertiary/aromatic N) is 2. The number of ketones is 1. The van der Waals surface area contributed by atoms with E-state index >= 15 is 4.79 Å². The summed E-state index contributed by atoms with van der Waals surface area (Å²) in [5.41, 5.74) is 2.33. The highest BCUT2D eigenvalue weighted by molar-refractivity contribution is 6.03. The fourth-order valence-electron chi connectivity index (χ4n) is 14.2. The van der Waals surface area contributed by atoms with Gasteiger partial charge < -0.3 is 14.6 Å². The molecule has 0 radical (unpaired) electrons. The molecule has 5 aliphatic carbocycles. The summed E-state index contributed by atoms with van der Waals surface area (Å²) in [5.74, 6) is 0.0825. The number of fused-ring (bicyclic) bond motifs is 7. The van der Waals surface area contributed by atoms with Gasteiger partial charge in [0, 0.05) is 24.7 Å². The van der Waals surface area contributed by atoms with Gasteiger partial charge in [-0.05, 0) is 138 Å². The first-order chi connectivity index (χ1) is 27.8. The lowest BCUT2D eigenvalue weighted by atomic mass is 9.33. The molecule has 1 aliphatic heterocycles. The number of benzene rings is 2. The Kier molecular flexibility index (Phi) is 10.3. The molecule has 0 spiro atoms. The van der Waals surface area contributed by atoms with Crippen LogP contribution in [-0.2, 0) is 23.9 Å². The second kappa shape index (κ2) is 14.7. The number of amides is 1. The zero-order chi connectivity index (χ0) is 42.3. The summed E-state index contributed by atoms with van der Waals surface area (Å²) < 4.78 is 12.5. The lowest BCUT2D eigenvalue weighted by Gasteiger charge is -2.71. The average Bonchev–Trinajstić information content (AvgIpc) is 3.64. The summed E-state index contributed by atoms with van der Waals surface area (Å²) >= 11 is 0. The Bertz CT molecular complexity index is 2080. The Morgan fingerprint density at radius 3 is 2.27 bits per heavy atom. The molecule has 1 N–H and O–H groups in total. The Morgan fingerprint density at radius 1 is 0.881 bits per heavy atom. The van der Waals surface area contributed by atoms with Gasteiger partial charge in [-0.2, -0.15) is 5.10 Å². The van der Waals surface area contributed by atoms with Crippen LogP contribution in [0.15, 0.2) is 71.3 Å². The molecule has 9 heteroatoms. The Balaban J connectivity index is 1.03. The number of allylic oxidation sites excluding steroid dienone is 2. The number of aliphatic carboxylic acids is 1. The van der Waals surface area contributed by atoms with Gasteiger partial charge in [-0.1, -0.05) is 84.4 Å². The lowest BCUT2D eigenvalue weighted by Crippen LogP contribution is -2.69. The predicted octanol–water partition coefficient (Wildman–Crippen LogP) is 9.99. The summed E-state index contributed by atoms with van der Waals surface area (Å²) in [6.07, 6.45) is 9.36. The van der Waals surface area contributed by atoms with E-state index < -0.39 is 34.8 Å². The number of hydrogen-bond donors (Lipinski definition) is 1. The number of carbonyl (C=O) groups is 4. The van der Waals surface area contributed by atoms with E-state index in [1.165, 1.54) is 25.3 Å². The van der Waals surface area contributed by atoms with E-state index in [1.807, 2.05) is 48.5 Å². The van der Waals surface area contributed by atoms with E-state index in [1.54, 1.807) is 17.1 Å². The van der Waals surface area contributed by atoms with Crippen LogP contribution in [0.3, 0.4) is 0 Å². The second-order valence-corrected chi connectivity index (χ2v) is 20.7. The third-order valence-electron chi connectivity index (χ3n) is 17.6. The molecule has 8 rings (SSSR count). The molecule has 1 amide bonds. The van der Waals surface area contributed by atoms with Gasteiger partial charge in [0.2, 0.25) is 5.91 Å². The highest BCUT2D eigenvalue weighted by Gasteiger charge is 2.72. The van der Waals surface area contributed by atoms with Crippen molar-refractivity contribution in [2.45, 2.75) is 132 Å². The first-order valence-corrected chi connectivity index (χ1v) is 22.2. The highest BCUT2D eigenvalue weighted by Crippen LogP contribution is 2.75. The SMILES string of the molecule is CC(=O)N1N=C(c2ccc(OCC(=O)OC3CCC(C)(CC(=O)O)[C@@H]4CC[C@]5(C)[C@H](C(=O)C=C6[C@@H]7[C@@H](C)[C@H](C)CC[C@]7(C)CC[C@]65C)[C@@]34C)cc2)CC1c1ccccc1. The Morgan fingerprint density at radius 2 is 1.59 bits per heavy atom. The van der Waals surface area contributed by atoms with Gasteiger partial charge in [0.25, 0.3) is 0 Å². The number of ether oxygens (including phenoxy) is 2. The quantitative estimate of drug-likeness (QED) is 0.264. The molecule has 12 atom stereocenters. The van der Waals surface area contributed by atoms with Crippen molar-refractivity contribution in [2.24, 2.45) is 61.8 Å². The van der Waals surface area contributed by atoms with Crippen molar-refractivity contribution >= 4 is 29.3 Å². The molecule has 4 fully saturated rings. The van der Waals surface area contributed by atoms with Gasteiger partial charge in [0.05, 0.1) is 18.2 Å².